The number of hydrogen-bond donors (Lipinski definition) is 3. The monoisotopic (exact) mass is 254 g/mol. The smallest absolute Gasteiger partial charge is 0.329 e. The highest BCUT2D eigenvalue weighted by atomic mass is 19.1. The van der Waals surface area contributed by atoms with E-state index < -0.39 is 23.2 Å². The number of nitrogens with one attached hydrogen (secondary N) is 1. The maximum absolute atomic E-state index is 13.0. The molecule has 5 nitrogen and oxygen atoms in total. The number of nitrogens with two attached hydrogens (primary N) is 1. The molecule has 0 saturated carbocycles. The standard InChI is InChI=1S/C12H15FN2O3/c1-3-12(2,11(17)18)15-9-5-4-7(13)6-8(9)10(14)16/h4-6,15H,3H2,1-2H3,(H2,14,16)(H,17,18). The van der Waals surface area contributed by atoms with Crippen LogP contribution < -0.4 is 11.1 Å². The lowest BCUT2D eigenvalue weighted by molar-refractivity contribution is -0.141. The molecule has 1 aromatic carbocycles. The number of carbonyl (C=O) groups is 2. The van der Waals surface area contributed by atoms with Gasteiger partial charge in [0.15, 0.2) is 0 Å². The van der Waals surface area contributed by atoms with E-state index in [1.54, 1.807) is 6.92 Å². The Bertz CT molecular complexity index is 490. The van der Waals surface area contributed by atoms with Gasteiger partial charge in [-0.3, -0.25) is 4.79 Å². The van der Waals surface area contributed by atoms with Crippen molar-refractivity contribution in [1.82, 2.24) is 0 Å². The summed E-state index contributed by atoms with van der Waals surface area (Å²) in [7, 11) is 0. The minimum Gasteiger partial charge on any atom is -0.480 e. The minimum absolute atomic E-state index is 0.0732. The summed E-state index contributed by atoms with van der Waals surface area (Å²) in [4.78, 5) is 22.3. The molecule has 1 amide bonds. The Balaban J connectivity index is 3.18. The van der Waals surface area contributed by atoms with Gasteiger partial charge in [0.1, 0.15) is 11.4 Å². The van der Waals surface area contributed by atoms with Crippen molar-refractivity contribution in [3.05, 3.63) is 29.6 Å². The van der Waals surface area contributed by atoms with Crippen LogP contribution in [0.2, 0.25) is 0 Å². The number of rotatable bonds is 5. The summed E-state index contributed by atoms with van der Waals surface area (Å²) in [6.07, 6.45) is 0.290. The number of carboxylic acids is 1. The summed E-state index contributed by atoms with van der Waals surface area (Å²) >= 11 is 0. The summed E-state index contributed by atoms with van der Waals surface area (Å²) in [5.41, 5.74) is 4.01. The quantitative estimate of drug-likeness (QED) is 0.744. The zero-order valence-corrected chi connectivity index (χ0v) is 10.2. The zero-order chi connectivity index (χ0) is 13.9. The lowest BCUT2D eigenvalue weighted by Crippen LogP contribution is -2.43. The first-order chi connectivity index (χ1) is 8.30. The van der Waals surface area contributed by atoms with E-state index in [0.717, 1.165) is 12.1 Å². The van der Waals surface area contributed by atoms with Crippen LogP contribution in [0.4, 0.5) is 10.1 Å². The predicted molar refractivity (Wildman–Crippen MR) is 64.9 cm³/mol. The fraction of sp³-hybridized carbons (Fsp3) is 0.333. The zero-order valence-electron chi connectivity index (χ0n) is 10.2. The van der Waals surface area contributed by atoms with E-state index in [1.165, 1.54) is 13.0 Å². The number of carboxylic acid groups (broad SMARTS) is 1. The van der Waals surface area contributed by atoms with Crippen molar-refractivity contribution in [2.24, 2.45) is 5.73 Å². The third-order valence-electron chi connectivity index (χ3n) is 2.84. The summed E-state index contributed by atoms with van der Waals surface area (Å²) in [6.45, 7) is 3.16. The fourth-order valence-electron chi connectivity index (χ4n) is 1.42. The van der Waals surface area contributed by atoms with E-state index in [0.29, 0.717) is 0 Å². The van der Waals surface area contributed by atoms with E-state index >= 15 is 0 Å². The lowest BCUT2D eigenvalue weighted by atomic mass is 9.98. The van der Waals surface area contributed by atoms with Crippen molar-refractivity contribution in [2.75, 3.05) is 5.32 Å². The van der Waals surface area contributed by atoms with Gasteiger partial charge >= 0.3 is 5.97 Å². The van der Waals surface area contributed by atoms with Crippen molar-refractivity contribution in [1.29, 1.82) is 0 Å². The average Bonchev–Trinajstić information content (AvgIpc) is 2.30. The largest absolute Gasteiger partial charge is 0.480 e. The van der Waals surface area contributed by atoms with Gasteiger partial charge in [-0.05, 0) is 31.5 Å². The third-order valence-corrected chi connectivity index (χ3v) is 2.84. The Morgan fingerprint density at radius 3 is 2.56 bits per heavy atom. The topological polar surface area (TPSA) is 92.4 Å². The van der Waals surface area contributed by atoms with Crippen molar-refractivity contribution >= 4 is 17.6 Å². The molecule has 0 radical (unpaired) electrons. The molecule has 0 aromatic heterocycles. The molecule has 0 bridgehead atoms. The number of aliphatic carboxylic acids is 1. The van der Waals surface area contributed by atoms with Crippen LogP contribution in [0.5, 0.6) is 0 Å². The van der Waals surface area contributed by atoms with Gasteiger partial charge in [0, 0.05) is 5.69 Å². The van der Waals surface area contributed by atoms with Crippen LogP contribution in [-0.4, -0.2) is 22.5 Å². The maximum Gasteiger partial charge on any atom is 0.329 e. The molecule has 1 atom stereocenters. The molecule has 0 fully saturated rings. The highest BCUT2D eigenvalue weighted by Crippen LogP contribution is 2.23. The van der Waals surface area contributed by atoms with E-state index in [9.17, 15) is 14.0 Å². The van der Waals surface area contributed by atoms with E-state index in [2.05, 4.69) is 5.32 Å². The first kappa shape index (κ1) is 14.0. The first-order valence-corrected chi connectivity index (χ1v) is 5.41. The van der Waals surface area contributed by atoms with Crippen LogP contribution in [-0.2, 0) is 4.79 Å². The molecule has 0 aliphatic heterocycles. The van der Waals surface area contributed by atoms with Crippen LogP contribution in [0.25, 0.3) is 0 Å². The summed E-state index contributed by atoms with van der Waals surface area (Å²) < 4.78 is 13.0. The van der Waals surface area contributed by atoms with Gasteiger partial charge in [-0.25, -0.2) is 9.18 Å². The number of amides is 1. The van der Waals surface area contributed by atoms with E-state index in [1.807, 2.05) is 0 Å². The Morgan fingerprint density at radius 1 is 1.50 bits per heavy atom. The molecule has 4 N–H and O–H groups in total. The first-order valence-electron chi connectivity index (χ1n) is 5.41. The van der Waals surface area contributed by atoms with Gasteiger partial charge in [-0.1, -0.05) is 6.92 Å². The molecule has 1 aromatic rings. The number of anilines is 1. The SMILES string of the molecule is CCC(C)(Nc1ccc(F)cc1C(N)=O)C(=O)O. The number of halogens is 1. The normalized spacial score (nSPS) is 13.7. The van der Waals surface area contributed by atoms with Crippen LogP contribution in [0.15, 0.2) is 18.2 Å². The van der Waals surface area contributed by atoms with Crippen LogP contribution in [0.1, 0.15) is 30.6 Å². The second-order valence-corrected chi connectivity index (χ2v) is 4.17. The van der Waals surface area contributed by atoms with Crippen molar-refractivity contribution in [3.63, 3.8) is 0 Å². The second kappa shape index (κ2) is 5.03. The molecule has 0 aliphatic carbocycles. The van der Waals surface area contributed by atoms with Gasteiger partial charge in [-0.2, -0.15) is 0 Å². The third kappa shape index (κ3) is 2.77. The van der Waals surface area contributed by atoms with Gasteiger partial charge in [0.05, 0.1) is 5.56 Å². The number of primary amides is 1. The molecule has 18 heavy (non-hydrogen) atoms. The minimum atomic E-state index is -1.25. The molecule has 98 valence electrons. The molecule has 6 heteroatoms. The summed E-state index contributed by atoms with van der Waals surface area (Å²) in [5.74, 6) is -2.49. The van der Waals surface area contributed by atoms with Crippen LogP contribution in [0.3, 0.4) is 0 Å². The van der Waals surface area contributed by atoms with Gasteiger partial charge in [0.25, 0.3) is 5.91 Å². The Morgan fingerprint density at radius 2 is 2.11 bits per heavy atom. The maximum atomic E-state index is 13.0. The molecule has 0 heterocycles. The Hall–Kier alpha value is -2.11. The van der Waals surface area contributed by atoms with Gasteiger partial charge < -0.3 is 16.2 Å². The molecule has 1 rings (SSSR count). The summed E-state index contributed by atoms with van der Waals surface area (Å²) in [5, 5.41) is 11.8. The number of carbonyl (C=O) groups excluding carboxylic acids is 1. The van der Waals surface area contributed by atoms with Crippen molar-refractivity contribution < 1.29 is 19.1 Å². The molecule has 0 aliphatic rings. The van der Waals surface area contributed by atoms with Crippen molar-refractivity contribution in [3.8, 4) is 0 Å². The fourth-order valence-corrected chi connectivity index (χ4v) is 1.42. The molecule has 0 spiro atoms. The second-order valence-electron chi connectivity index (χ2n) is 4.17. The van der Waals surface area contributed by atoms with Crippen LogP contribution >= 0.6 is 0 Å². The molecule has 0 saturated heterocycles. The summed E-state index contributed by atoms with van der Waals surface area (Å²) in [6, 6.07) is 3.40. The van der Waals surface area contributed by atoms with E-state index in [-0.39, 0.29) is 17.7 Å². The van der Waals surface area contributed by atoms with Gasteiger partial charge in [-0.15, -0.1) is 0 Å². The average molecular weight is 254 g/mol. The Kier molecular flexibility index (Phi) is 3.90. The number of benzene rings is 1. The number of hydrogen-bond acceptors (Lipinski definition) is 3. The highest BCUT2D eigenvalue weighted by Gasteiger charge is 2.31. The van der Waals surface area contributed by atoms with E-state index in [4.69, 9.17) is 10.8 Å². The van der Waals surface area contributed by atoms with Gasteiger partial charge in [0.2, 0.25) is 0 Å². The highest BCUT2D eigenvalue weighted by molar-refractivity contribution is 5.99. The molecular formula is C12H15FN2O3. The van der Waals surface area contributed by atoms with Crippen molar-refractivity contribution in [2.45, 2.75) is 25.8 Å². The molecular weight excluding hydrogens is 239 g/mol. The lowest BCUT2D eigenvalue weighted by Gasteiger charge is -2.26. The molecule has 1 unspecified atom stereocenters. The van der Waals surface area contributed by atoms with Crippen LogP contribution in [0, 0.1) is 5.82 Å². The predicted octanol–water partition coefficient (Wildman–Crippen LogP) is 1.59. The Labute approximate surface area is 104 Å².